The number of fused-ring (bicyclic) bond motifs is 1. The minimum absolute atomic E-state index is 0.167. The number of terminal acetylenes is 1. The molecule has 1 aromatic carbocycles. The van der Waals surface area contributed by atoms with Gasteiger partial charge in [0.1, 0.15) is 0 Å². The first-order valence-corrected chi connectivity index (χ1v) is 15.4. The number of allylic oxidation sites excluding steroid dienone is 3. The number of carbonyl (C=O) groups excluding carboxylic acids is 2. The molecule has 4 atom stereocenters. The van der Waals surface area contributed by atoms with Gasteiger partial charge in [0.25, 0.3) is 5.91 Å². The normalized spacial score (nSPS) is 23.5. The Bertz CT molecular complexity index is 1440. The molecule has 210 valence electrons. The molecule has 2 N–H and O–H groups in total. The Morgan fingerprint density at radius 1 is 1.25 bits per heavy atom. The Labute approximate surface area is 240 Å². The third-order valence-corrected chi connectivity index (χ3v) is 8.14. The van der Waals surface area contributed by atoms with Gasteiger partial charge in [-0.1, -0.05) is 54.6 Å². The lowest BCUT2D eigenvalue weighted by atomic mass is 9.77. The number of rotatable bonds is 9. The maximum absolute atomic E-state index is 14.1. The Hall–Kier alpha value is -3.52. The average molecular weight is 582 g/mol. The molecule has 2 aromatic rings. The number of halogens is 1. The number of benzene rings is 1. The highest BCUT2D eigenvalue weighted by Crippen LogP contribution is 2.39. The highest BCUT2D eigenvalue weighted by atomic mass is 35.5. The number of amides is 2. The van der Waals surface area contributed by atoms with Gasteiger partial charge in [-0.3, -0.25) is 19.6 Å². The van der Waals surface area contributed by atoms with Crippen LogP contribution in [0, 0.1) is 12.3 Å². The minimum Gasteiger partial charge on any atom is -0.350 e. The second-order valence-electron chi connectivity index (χ2n) is 9.94. The molecule has 2 aliphatic rings. The van der Waals surface area contributed by atoms with Crippen LogP contribution in [-0.2, 0) is 21.4 Å². The van der Waals surface area contributed by atoms with E-state index in [4.69, 9.17) is 18.0 Å². The molecule has 0 saturated heterocycles. The molecule has 11 heteroatoms. The van der Waals surface area contributed by atoms with Crippen molar-refractivity contribution in [2.45, 2.75) is 62.7 Å². The summed E-state index contributed by atoms with van der Waals surface area (Å²) in [6, 6.07) is 5.57. The zero-order valence-corrected chi connectivity index (χ0v) is 23.7. The monoisotopic (exact) mass is 581 g/mol. The summed E-state index contributed by atoms with van der Waals surface area (Å²) in [6.45, 7) is 0.167. The van der Waals surface area contributed by atoms with Crippen LogP contribution >= 0.6 is 11.6 Å². The third-order valence-electron chi connectivity index (χ3n) is 7.17. The number of nitrogens with zero attached hydrogens (tertiary/aromatic N) is 3. The second-order valence-corrected chi connectivity index (χ2v) is 12.2. The van der Waals surface area contributed by atoms with Crippen LogP contribution in [0.2, 0.25) is 0 Å². The van der Waals surface area contributed by atoms with Crippen LogP contribution in [-0.4, -0.2) is 59.5 Å². The Morgan fingerprint density at radius 3 is 2.75 bits per heavy atom. The first-order valence-electron chi connectivity index (χ1n) is 13.1. The van der Waals surface area contributed by atoms with E-state index in [-0.39, 0.29) is 18.4 Å². The highest BCUT2D eigenvalue weighted by Gasteiger charge is 2.47. The highest BCUT2D eigenvalue weighted by molar-refractivity contribution is 7.88. The summed E-state index contributed by atoms with van der Waals surface area (Å²) in [5.74, 6) is 1.14. The lowest BCUT2D eigenvalue weighted by molar-refractivity contribution is -0.124. The molecule has 0 radical (unpaired) electrons. The number of aromatic nitrogens is 2. The molecular weight excluding hydrogens is 550 g/mol. The molecule has 1 aliphatic heterocycles. The summed E-state index contributed by atoms with van der Waals surface area (Å²) in [4.78, 5) is 38.0. The van der Waals surface area contributed by atoms with Crippen molar-refractivity contribution >= 4 is 33.4 Å². The Kier molecular flexibility index (Phi) is 9.74. The predicted octanol–water partition coefficient (Wildman–Crippen LogP) is 3.26. The summed E-state index contributed by atoms with van der Waals surface area (Å²) < 4.78 is 27.2. The first kappa shape index (κ1) is 29.5. The van der Waals surface area contributed by atoms with Gasteiger partial charge in [-0.15, -0.1) is 6.42 Å². The van der Waals surface area contributed by atoms with E-state index in [2.05, 4.69) is 25.9 Å². The predicted molar refractivity (Wildman–Crippen MR) is 154 cm³/mol. The smallest absolute Gasteiger partial charge is 0.254 e. The van der Waals surface area contributed by atoms with E-state index in [1.54, 1.807) is 59.9 Å². The summed E-state index contributed by atoms with van der Waals surface area (Å²) in [7, 11) is -3.53. The van der Waals surface area contributed by atoms with Crippen LogP contribution in [0.4, 0.5) is 0 Å². The van der Waals surface area contributed by atoms with Crippen molar-refractivity contribution in [1.82, 2.24) is 24.9 Å². The molecule has 1 aromatic heterocycles. The number of nitrogens with one attached hydrogen (secondary N) is 2. The summed E-state index contributed by atoms with van der Waals surface area (Å²) >= 11 is 6.19. The second kappa shape index (κ2) is 13.2. The molecule has 2 heterocycles. The number of hydrogen-bond acceptors (Lipinski definition) is 6. The van der Waals surface area contributed by atoms with E-state index in [1.807, 2.05) is 0 Å². The number of carbonyl (C=O) groups is 2. The van der Waals surface area contributed by atoms with E-state index >= 15 is 0 Å². The fraction of sp³-hybridized carbons (Fsp3) is 0.379. The van der Waals surface area contributed by atoms with Crippen LogP contribution in [0.15, 0.2) is 66.1 Å². The number of sulfonamides is 1. The van der Waals surface area contributed by atoms with Gasteiger partial charge in [0, 0.05) is 41.1 Å². The maximum atomic E-state index is 14.1. The fourth-order valence-corrected chi connectivity index (χ4v) is 6.57. The fourth-order valence-electron chi connectivity index (χ4n) is 5.60. The van der Waals surface area contributed by atoms with Gasteiger partial charge in [0.15, 0.2) is 0 Å². The van der Waals surface area contributed by atoms with Gasteiger partial charge in [-0.05, 0) is 37.0 Å². The largest absolute Gasteiger partial charge is 0.350 e. The standard InChI is InChI=1S/C29H32ClN5O4S/c1-3-9-20(30)10-8-15-26-27(28(36)33-19-21-18-31-16-17-32-21)22-11-4-5-12-23(22)29(37)35(26)25-14-7-6-13-24(25)34-40(2,38)39/h1,4-5,8-12,16-18,24-27,34H,6-7,13-15,19H2,2H3,(H,33,36)/b10-8-,20-9+/t24-,25-,26-,27+/m0/s1. The molecule has 0 spiro atoms. The molecule has 1 saturated carbocycles. The molecule has 1 aliphatic carbocycles. The van der Waals surface area contributed by atoms with E-state index in [1.165, 1.54) is 6.08 Å². The molecule has 9 nitrogen and oxygen atoms in total. The van der Waals surface area contributed by atoms with Crippen molar-refractivity contribution in [2.75, 3.05) is 6.26 Å². The Morgan fingerprint density at radius 2 is 2.02 bits per heavy atom. The number of hydrogen-bond donors (Lipinski definition) is 2. The third kappa shape index (κ3) is 7.16. The molecular formula is C29H32ClN5O4S. The van der Waals surface area contributed by atoms with Crippen LogP contribution < -0.4 is 10.0 Å². The first-order chi connectivity index (χ1) is 19.2. The van der Waals surface area contributed by atoms with E-state index in [0.717, 1.165) is 19.1 Å². The van der Waals surface area contributed by atoms with Gasteiger partial charge >= 0.3 is 0 Å². The van der Waals surface area contributed by atoms with Crippen molar-refractivity contribution in [1.29, 1.82) is 0 Å². The topological polar surface area (TPSA) is 121 Å². The van der Waals surface area contributed by atoms with Crippen molar-refractivity contribution < 1.29 is 18.0 Å². The molecule has 1 fully saturated rings. The van der Waals surface area contributed by atoms with Crippen molar-refractivity contribution in [3.8, 4) is 12.3 Å². The Balaban J connectivity index is 1.77. The van der Waals surface area contributed by atoms with Gasteiger partial charge in [0.05, 0.1) is 36.7 Å². The van der Waals surface area contributed by atoms with E-state index < -0.39 is 34.1 Å². The minimum atomic E-state index is -3.53. The molecule has 40 heavy (non-hydrogen) atoms. The van der Waals surface area contributed by atoms with Crippen LogP contribution in [0.25, 0.3) is 0 Å². The van der Waals surface area contributed by atoms with Crippen LogP contribution in [0.1, 0.15) is 59.6 Å². The van der Waals surface area contributed by atoms with Crippen molar-refractivity contribution in [2.24, 2.45) is 0 Å². The van der Waals surface area contributed by atoms with E-state index in [9.17, 15) is 18.0 Å². The average Bonchev–Trinajstić information content (AvgIpc) is 2.92. The van der Waals surface area contributed by atoms with Gasteiger partial charge in [-0.2, -0.15) is 0 Å². The molecule has 4 rings (SSSR count). The summed E-state index contributed by atoms with van der Waals surface area (Å²) in [5.41, 5.74) is 1.64. The van der Waals surface area contributed by atoms with E-state index in [0.29, 0.717) is 41.1 Å². The maximum Gasteiger partial charge on any atom is 0.254 e. The lowest BCUT2D eigenvalue weighted by Crippen LogP contribution is -2.62. The molecule has 0 unspecified atom stereocenters. The quantitative estimate of drug-likeness (QED) is 0.346. The molecule has 0 bridgehead atoms. The lowest BCUT2D eigenvalue weighted by Gasteiger charge is -2.48. The SMILES string of the molecule is C#C/C=C(Cl)\C=C/C[C@H]1[C@H](C(=O)NCc2cnccn2)c2ccccc2C(=O)N1[C@H]1CCCC[C@@H]1NS(C)(=O)=O. The zero-order chi connectivity index (χ0) is 28.7. The van der Waals surface area contributed by atoms with Gasteiger partial charge < -0.3 is 10.2 Å². The van der Waals surface area contributed by atoms with Crippen molar-refractivity contribution in [3.63, 3.8) is 0 Å². The zero-order valence-electron chi connectivity index (χ0n) is 22.2. The van der Waals surface area contributed by atoms with Crippen molar-refractivity contribution in [3.05, 3.63) is 82.9 Å². The molecule has 2 amide bonds. The van der Waals surface area contributed by atoms with Crippen LogP contribution in [0.3, 0.4) is 0 Å². The summed E-state index contributed by atoms with van der Waals surface area (Å²) in [5, 5.41) is 3.31. The van der Waals surface area contributed by atoms with Crippen LogP contribution in [0.5, 0.6) is 0 Å². The van der Waals surface area contributed by atoms with Gasteiger partial charge in [0.2, 0.25) is 15.9 Å². The van der Waals surface area contributed by atoms with Gasteiger partial charge in [-0.25, -0.2) is 13.1 Å². The summed E-state index contributed by atoms with van der Waals surface area (Å²) in [6.07, 6.45) is 19.1.